The summed E-state index contributed by atoms with van der Waals surface area (Å²) in [5, 5.41) is 0. The second-order valence-corrected chi connectivity index (χ2v) is 7.60. The van der Waals surface area contributed by atoms with Gasteiger partial charge in [0, 0.05) is 23.1 Å². The molecule has 4 rings (SSSR count). The largest absolute Gasteiger partial charge is 0.493 e. The highest BCUT2D eigenvalue weighted by Crippen LogP contribution is 2.48. The fourth-order valence-electron chi connectivity index (χ4n) is 3.91. The third kappa shape index (κ3) is 3.91. The predicted octanol–water partition coefficient (Wildman–Crippen LogP) is 7.24. The van der Waals surface area contributed by atoms with Crippen LogP contribution in [0.15, 0.2) is 66.7 Å². The number of hydrogen-bond donors (Lipinski definition) is 0. The molecule has 3 aromatic carbocycles. The van der Waals surface area contributed by atoms with E-state index in [0.29, 0.717) is 0 Å². The van der Waals surface area contributed by atoms with Crippen molar-refractivity contribution in [2.45, 2.75) is 45.4 Å². The molecule has 0 fully saturated rings. The SMILES string of the molecule is CCCCCCOc1ccc2c(c1)Oc1cc(C)ccc1C2c1ccccc1. The highest BCUT2D eigenvalue weighted by Gasteiger charge is 2.29. The molecule has 1 heterocycles. The van der Waals surface area contributed by atoms with E-state index < -0.39 is 0 Å². The van der Waals surface area contributed by atoms with Gasteiger partial charge in [-0.25, -0.2) is 0 Å². The van der Waals surface area contributed by atoms with Crippen LogP contribution in [-0.4, -0.2) is 6.61 Å². The van der Waals surface area contributed by atoms with Crippen LogP contribution in [0.5, 0.6) is 17.2 Å². The third-order valence-electron chi connectivity index (χ3n) is 5.40. The summed E-state index contributed by atoms with van der Waals surface area (Å²) in [4.78, 5) is 0. The Kier molecular flexibility index (Phi) is 5.66. The molecule has 0 saturated carbocycles. The van der Waals surface area contributed by atoms with Gasteiger partial charge in [-0.3, -0.25) is 0 Å². The smallest absolute Gasteiger partial charge is 0.135 e. The van der Waals surface area contributed by atoms with Crippen LogP contribution in [0.1, 0.15) is 60.8 Å². The predicted molar refractivity (Wildman–Crippen MR) is 115 cm³/mol. The van der Waals surface area contributed by atoms with Gasteiger partial charge in [0.05, 0.1) is 6.61 Å². The van der Waals surface area contributed by atoms with Crippen molar-refractivity contribution in [1.82, 2.24) is 0 Å². The summed E-state index contributed by atoms with van der Waals surface area (Å²) in [7, 11) is 0. The van der Waals surface area contributed by atoms with Crippen molar-refractivity contribution in [3.63, 3.8) is 0 Å². The molecule has 0 amide bonds. The minimum atomic E-state index is 0.180. The summed E-state index contributed by atoms with van der Waals surface area (Å²) in [5.41, 5.74) is 4.90. The molecule has 0 saturated heterocycles. The highest BCUT2D eigenvalue weighted by atomic mass is 16.5. The van der Waals surface area contributed by atoms with Crippen molar-refractivity contribution in [2.24, 2.45) is 0 Å². The summed E-state index contributed by atoms with van der Waals surface area (Å²) in [6.07, 6.45) is 4.83. The van der Waals surface area contributed by atoms with E-state index in [9.17, 15) is 0 Å². The van der Waals surface area contributed by atoms with E-state index in [1.54, 1.807) is 0 Å². The zero-order chi connectivity index (χ0) is 19.3. The number of rotatable bonds is 7. The molecule has 0 aliphatic carbocycles. The first-order valence-corrected chi connectivity index (χ1v) is 10.4. The average Bonchev–Trinajstić information content (AvgIpc) is 2.72. The van der Waals surface area contributed by atoms with E-state index in [1.807, 2.05) is 0 Å². The Labute approximate surface area is 168 Å². The number of ether oxygens (including phenoxy) is 2. The molecule has 0 aromatic heterocycles. The molecule has 2 nitrogen and oxygen atoms in total. The maximum atomic E-state index is 6.32. The molecule has 3 aromatic rings. The number of aryl methyl sites for hydroxylation is 1. The monoisotopic (exact) mass is 372 g/mol. The standard InChI is InChI=1S/C26H28O2/c1-3-4-5-9-16-27-21-13-15-23-25(18-21)28-24-17-19(2)12-14-22(24)26(23)20-10-7-6-8-11-20/h6-8,10-15,17-18,26H,3-5,9,16H2,1-2H3. The minimum Gasteiger partial charge on any atom is -0.493 e. The van der Waals surface area contributed by atoms with Crippen molar-refractivity contribution >= 4 is 0 Å². The summed E-state index contributed by atoms with van der Waals surface area (Å²) in [6.45, 7) is 5.09. The molecule has 2 heteroatoms. The lowest BCUT2D eigenvalue weighted by atomic mass is 9.82. The summed E-state index contributed by atoms with van der Waals surface area (Å²) >= 11 is 0. The Hall–Kier alpha value is -2.74. The highest BCUT2D eigenvalue weighted by molar-refractivity contribution is 5.60. The Morgan fingerprint density at radius 3 is 2.36 bits per heavy atom. The molecule has 28 heavy (non-hydrogen) atoms. The Bertz CT molecular complexity index is 930. The maximum Gasteiger partial charge on any atom is 0.135 e. The molecular weight excluding hydrogens is 344 g/mol. The van der Waals surface area contributed by atoms with Crippen molar-refractivity contribution in [3.8, 4) is 17.2 Å². The van der Waals surface area contributed by atoms with Gasteiger partial charge in [-0.05, 0) is 36.6 Å². The lowest BCUT2D eigenvalue weighted by molar-refractivity contribution is 0.303. The van der Waals surface area contributed by atoms with E-state index in [2.05, 4.69) is 80.6 Å². The van der Waals surface area contributed by atoms with Crippen LogP contribution >= 0.6 is 0 Å². The van der Waals surface area contributed by atoms with E-state index >= 15 is 0 Å². The molecule has 144 valence electrons. The lowest BCUT2D eigenvalue weighted by Crippen LogP contribution is -2.12. The molecular formula is C26H28O2. The molecule has 1 aliphatic rings. The van der Waals surface area contributed by atoms with Gasteiger partial charge in [-0.15, -0.1) is 0 Å². The van der Waals surface area contributed by atoms with E-state index in [1.165, 1.54) is 41.5 Å². The van der Waals surface area contributed by atoms with Gasteiger partial charge in [0.2, 0.25) is 0 Å². The molecule has 0 radical (unpaired) electrons. The van der Waals surface area contributed by atoms with Crippen LogP contribution in [0.2, 0.25) is 0 Å². The van der Waals surface area contributed by atoms with Crippen LogP contribution in [0.4, 0.5) is 0 Å². The van der Waals surface area contributed by atoms with Crippen LogP contribution in [0, 0.1) is 6.92 Å². The molecule has 0 bridgehead atoms. The summed E-state index contributed by atoms with van der Waals surface area (Å²) in [6, 6.07) is 23.5. The second kappa shape index (κ2) is 8.52. The van der Waals surface area contributed by atoms with E-state index in [4.69, 9.17) is 9.47 Å². The van der Waals surface area contributed by atoms with Crippen LogP contribution in [0.25, 0.3) is 0 Å². The van der Waals surface area contributed by atoms with Gasteiger partial charge in [0.25, 0.3) is 0 Å². The molecule has 1 atom stereocenters. The first-order valence-electron chi connectivity index (χ1n) is 10.4. The molecule has 0 N–H and O–H groups in total. The van der Waals surface area contributed by atoms with Crippen molar-refractivity contribution in [1.29, 1.82) is 0 Å². The summed E-state index contributed by atoms with van der Waals surface area (Å²) < 4.78 is 12.3. The number of hydrogen-bond acceptors (Lipinski definition) is 2. The number of benzene rings is 3. The quantitative estimate of drug-likeness (QED) is 0.318. The van der Waals surface area contributed by atoms with Crippen LogP contribution in [-0.2, 0) is 0 Å². The Morgan fingerprint density at radius 1 is 0.821 bits per heavy atom. The fraction of sp³-hybridized carbons (Fsp3) is 0.308. The normalized spacial score (nSPS) is 14.7. The summed E-state index contributed by atoms with van der Waals surface area (Å²) in [5.74, 6) is 2.91. The number of unbranched alkanes of at least 4 members (excludes halogenated alkanes) is 3. The van der Waals surface area contributed by atoms with Gasteiger partial charge in [0.1, 0.15) is 17.2 Å². The Morgan fingerprint density at radius 2 is 1.57 bits per heavy atom. The van der Waals surface area contributed by atoms with Gasteiger partial charge >= 0.3 is 0 Å². The second-order valence-electron chi connectivity index (χ2n) is 7.60. The zero-order valence-corrected chi connectivity index (χ0v) is 16.8. The van der Waals surface area contributed by atoms with Gasteiger partial charge in [-0.1, -0.05) is 74.7 Å². The molecule has 0 spiro atoms. The van der Waals surface area contributed by atoms with E-state index in [0.717, 1.165) is 30.3 Å². The average molecular weight is 373 g/mol. The third-order valence-corrected chi connectivity index (χ3v) is 5.40. The molecule has 1 unspecified atom stereocenters. The Balaban J connectivity index is 1.65. The lowest BCUT2D eigenvalue weighted by Gasteiger charge is -2.29. The van der Waals surface area contributed by atoms with Crippen molar-refractivity contribution in [2.75, 3.05) is 6.61 Å². The van der Waals surface area contributed by atoms with Gasteiger partial charge in [-0.2, -0.15) is 0 Å². The van der Waals surface area contributed by atoms with Gasteiger partial charge < -0.3 is 9.47 Å². The minimum absolute atomic E-state index is 0.180. The number of fused-ring (bicyclic) bond motifs is 2. The first kappa shape index (κ1) is 18.6. The fourth-order valence-corrected chi connectivity index (χ4v) is 3.91. The maximum absolute atomic E-state index is 6.32. The topological polar surface area (TPSA) is 18.5 Å². The van der Waals surface area contributed by atoms with Crippen LogP contribution in [0.3, 0.4) is 0 Å². The zero-order valence-electron chi connectivity index (χ0n) is 16.8. The van der Waals surface area contributed by atoms with E-state index in [-0.39, 0.29) is 5.92 Å². The van der Waals surface area contributed by atoms with Crippen molar-refractivity contribution in [3.05, 3.63) is 89.0 Å². The first-order chi connectivity index (χ1) is 13.8. The van der Waals surface area contributed by atoms with Gasteiger partial charge in [0.15, 0.2) is 0 Å². The van der Waals surface area contributed by atoms with Crippen molar-refractivity contribution < 1.29 is 9.47 Å². The molecule has 1 aliphatic heterocycles. The van der Waals surface area contributed by atoms with Crippen LogP contribution < -0.4 is 9.47 Å².